The van der Waals surface area contributed by atoms with Gasteiger partial charge in [0.1, 0.15) is 22.3 Å². The smallest absolute Gasteiger partial charge is 0.238 e. The van der Waals surface area contributed by atoms with Crippen molar-refractivity contribution in [2.75, 3.05) is 0 Å². The lowest BCUT2D eigenvalue weighted by molar-refractivity contribution is 0.669. The molecule has 0 unspecified atom stereocenters. The van der Waals surface area contributed by atoms with Crippen molar-refractivity contribution in [3.05, 3.63) is 340 Å². The van der Waals surface area contributed by atoms with Gasteiger partial charge in [-0.15, -0.1) is 0 Å². The molecule has 23 aromatic rings. The number of furan rings is 2. The molecule has 0 radical (unpaired) electrons. The van der Waals surface area contributed by atoms with Crippen LogP contribution in [0.25, 0.3) is 222 Å². The Balaban J connectivity index is 0.633. The normalized spacial score (nSPS) is 12.1. The van der Waals surface area contributed by atoms with Crippen molar-refractivity contribution in [1.29, 1.82) is 0 Å². The average molecular weight is 1380 g/mol. The Morgan fingerprint density at radius 2 is 0.630 bits per heavy atom. The molecule has 0 saturated carbocycles. The fraction of sp³-hybridized carbons (Fsp3) is 0. The quantitative estimate of drug-likeness (QED) is 0.133. The van der Waals surface area contributed by atoms with Crippen LogP contribution in [0.5, 0.6) is 0 Å². The fourth-order valence-corrected chi connectivity index (χ4v) is 16.8. The molecule has 8 aromatic heterocycles. The second-order valence-electron chi connectivity index (χ2n) is 27.7. The summed E-state index contributed by atoms with van der Waals surface area (Å²) < 4.78 is 22.8. The summed E-state index contributed by atoms with van der Waals surface area (Å²) in [6, 6.07) is 119. The van der Waals surface area contributed by atoms with Crippen molar-refractivity contribution in [3.8, 4) is 91.1 Å². The standard InChI is InChI=1S/C96H56N10O2/c1-5-22-58(23-6-1)91-97-92(99-93(98-91)61-44-46-66(47-45-61)105-81-55-74-67-32-13-17-36-76(67)103(64-28-9-3-10-29-64)80(74)56-75(81)69-50-53-84-87(88(69)105)72-35-16-20-39-83(72)107-84)60-42-40-57(41-43-60)62-26-21-27-63(54-62)95-100-94(59-24-7-2-8-25-59)101-96(102-95)106-77-37-18-14-34-71(77)85-78(106)52-49-73-86-79(104(89(73)85)65-30-11-4-12-31-65)51-48-70-68-33-15-19-38-82(68)108-90(70)86/h1-56H. The number of nitrogens with zero attached hydrogens (tertiary/aromatic N) is 10. The van der Waals surface area contributed by atoms with Gasteiger partial charge < -0.3 is 22.5 Å². The van der Waals surface area contributed by atoms with Crippen LogP contribution in [0.4, 0.5) is 0 Å². The molecule has 0 bridgehead atoms. The predicted molar refractivity (Wildman–Crippen MR) is 438 cm³/mol. The Morgan fingerprint density at radius 1 is 0.194 bits per heavy atom. The molecule has 108 heavy (non-hydrogen) atoms. The highest BCUT2D eigenvalue weighted by molar-refractivity contribution is 6.31. The second-order valence-corrected chi connectivity index (χ2v) is 27.7. The lowest BCUT2D eigenvalue weighted by Gasteiger charge is -2.12. The average Bonchev–Trinajstić information content (AvgIpc) is 1.54. The van der Waals surface area contributed by atoms with E-state index >= 15 is 0 Å². The second kappa shape index (κ2) is 23.3. The van der Waals surface area contributed by atoms with Crippen molar-refractivity contribution in [1.82, 2.24) is 48.2 Å². The van der Waals surface area contributed by atoms with Gasteiger partial charge in [0.05, 0.1) is 54.9 Å². The van der Waals surface area contributed by atoms with Crippen molar-refractivity contribution in [2.24, 2.45) is 0 Å². The van der Waals surface area contributed by atoms with E-state index < -0.39 is 0 Å². The third-order valence-corrected chi connectivity index (χ3v) is 21.7. The van der Waals surface area contributed by atoms with E-state index in [0.29, 0.717) is 35.1 Å². The summed E-state index contributed by atoms with van der Waals surface area (Å²) >= 11 is 0. The molecular weight excluding hydrogens is 1330 g/mol. The van der Waals surface area contributed by atoms with E-state index in [2.05, 4.69) is 297 Å². The van der Waals surface area contributed by atoms with Crippen LogP contribution in [0.3, 0.4) is 0 Å². The minimum absolute atomic E-state index is 0.502. The molecule has 0 spiro atoms. The Morgan fingerprint density at radius 3 is 1.30 bits per heavy atom. The SMILES string of the molecule is c1ccc(-c2nc(-c3ccc(-c4cccc(-c5nc(-c6ccccc6)nc(-n6c7ccccc7c7c6ccc6c8c9oc%10ccccc%10c9ccc8n(-c8ccccc8)c67)n5)c4)cc3)nc(-c3ccc(-n4c5cc6c7ccccc7n(-c7ccccc7)c6cc5c5ccc6oc7ccccc7c6c54)cc3)n2)cc1. The summed E-state index contributed by atoms with van der Waals surface area (Å²) in [6.45, 7) is 0. The third-order valence-electron chi connectivity index (χ3n) is 21.7. The van der Waals surface area contributed by atoms with Crippen LogP contribution in [0.2, 0.25) is 0 Å². The summed E-state index contributed by atoms with van der Waals surface area (Å²) in [5.74, 6) is 3.29. The molecule has 0 aliphatic heterocycles. The van der Waals surface area contributed by atoms with Gasteiger partial charge in [0, 0.05) is 98.7 Å². The summed E-state index contributed by atoms with van der Waals surface area (Å²) in [4.78, 5) is 31.9. The maximum Gasteiger partial charge on any atom is 0.238 e. The van der Waals surface area contributed by atoms with Crippen LogP contribution in [0.1, 0.15) is 0 Å². The monoisotopic (exact) mass is 1380 g/mol. The zero-order chi connectivity index (χ0) is 70.7. The van der Waals surface area contributed by atoms with Crippen LogP contribution in [-0.2, 0) is 0 Å². The van der Waals surface area contributed by atoms with Gasteiger partial charge in [-0.3, -0.25) is 4.57 Å². The summed E-state index contributed by atoms with van der Waals surface area (Å²) in [5.41, 5.74) is 21.4. The fourth-order valence-electron chi connectivity index (χ4n) is 16.8. The van der Waals surface area contributed by atoms with E-state index in [1.54, 1.807) is 0 Å². The van der Waals surface area contributed by atoms with Crippen molar-refractivity contribution < 1.29 is 8.83 Å². The zero-order valence-electron chi connectivity index (χ0n) is 57.6. The molecule has 0 aliphatic carbocycles. The molecule has 12 heteroatoms. The summed E-state index contributed by atoms with van der Waals surface area (Å²) in [5, 5.41) is 13.3. The molecule has 0 aliphatic rings. The highest BCUT2D eigenvalue weighted by Gasteiger charge is 2.28. The topological polar surface area (TPSA) is 123 Å². The maximum absolute atomic E-state index is 6.81. The Labute approximate surface area is 615 Å². The highest BCUT2D eigenvalue weighted by atomic mass is 16.3. The molecule has 0 amide bonds. The first kappa shape index (κ1) is 59.6. The zero-order valence-corrected chi connectivity index (χ0v) is 57.6. The number of para-hydroxylation sites is 6. The van der Waals surface area contributed by atoms with Gasteiger partial charge in [-0.05, 0) is 139 Å². The van der Waals surface area contributed by atoms with E-state index in [4.69, 9.17) is 38.7 Å². The van der Waals surface area contributed by atoms with Gasteiger partial charge in [0.25, 0.3) is 0 Å². The minimum atomic E-state index is 0.502. The van der Waals surface area contributed by atoms with Crippen LogP contribution in [0, 0.1) is 0 Å². The van der Waals surface area contributed by atoms with Crippen LogP contribution >= 0.6 is 0 Å². The van der Waals surface area contributed by atoms with E-state index in [1.165, 1.54) is 10.8 Å². The van der Waals surface area contributed by atoms with Gasteiger partial charge in [0.2, 0.25) is 5.95 Å². The lowest BCUT2D eigenvalue weighted by Crippen LogP contribution is -2.06. The van der Waals surface area contributed by atoms with E-state index in [1.807, 2.05) is 60.7 Å². The van der Waals surface area contributed by atoms with E-state index in [-0.39, 0.29) is 0 Å². The molecule has 0 atom stereocenters. The minimum Gasteiger partial charge on any atom is -0.456 e. The van der Waals surface area contributed by atoms with Crippen LogP contribution in [-0.4, -0.2) is 48.2 Å². The molecule has 0 N–H and O–H groups in total. The highest BCUT2D eigenvalue weighted by Crippen LogP contribution is 2.48. The lowest BCUT2D eigenvalue weighted by atomic mass is 10.0. The molecule has 0 fully saturated rings. The van der Waals surface area contributed by atoms with Crippen LogP contribution < -0.4 is 0 Å². The first-order valence-electron chi connectivity index (χ1n) is 36.2. The summed E-state index contributed by atoms with van der Waals surface area (Å²) in [6.07, 6.45) is 0. The molecule has 15 aromatic carbocycles. The number of fused-ring (bicyclic) bond motifs is 21. The largest absolute Gasteiger partial charge is 0.456 e. The van der Waals surface area contributed by atoms with E-state index in [0.717, 1.165) is 176 Å². The van der Waals surface area contributed by atoms with Gasteiger partial charge in [0.15, 0.2) is 29.1 Å². The third kappa shape index (κ3) is 9.04. The Hall–Kier alpha value is -14.9. The Bertz CT molecular complexity index is 7640. The first-order chi connectivity index (χ1) is 53.5. The molecule has 0 saturated heterocycles. The van der Waals surface area contributed by atoms with Crippen LogP contribution in [0.15, 0.2) is 349 Å². The molecular formula is C96H56N10O2. The van der Waals surface area contributed by atoms with E-state index in [9.17, 15) is 0 Å². The molecule has 23 rings (SSSR count). The maximum atomic E-state index is 6.81. The van der Waals surface area contributed by atoms with Crippen molar-refractivity contribution in [2.45, 2.75) is 0 Å². The first-order valence-corrected chi connectivity index (χ1v) is 36.2. The molecule has 8 heterocycles. The van der Waals surface area contributed by atoms with Crippen molar-refractivity contribution in [3.63, 3.8) is 0 Å². The predicted octanol–water partition coefficient (Wildman–Crippen LogP) is 24.2. The van der Waals surface area contributed by atoms with Gasteiger partial charge in [-0.2, -0.15) is 9.97 Å². The molecule has 12 nitrogen and oxygen atoms in total. The van der Waals surface area contributed by atoms with Gasteiger partial charge >= 0.3 is 0 Å². The number of rotatable bonds is 10. The van der Waals surface area contributed by atoms with Gasteiger partial charge in [-0.1, -0.05) is 212 Å². The number of hydrogen-bond acceptors (Lipinski definition) is 8. The number of benzene rings is 15. The molecule has 502 valence electrons. The summed E-state index contributed by atoms with van der Waals surface area (Å²) in [7, 11) is 0. The number of aromatic nitrogens is 10. The number of hydrogen-bond donors (Lipinski definition) is 0. The Kier molecular flexibility index (Phi) is 12.9. The van der Waals surface area contributed by atoms with Gasteiger partial charge in [-0.25, -0.2) is 19.9 Å². The van der Waals surface area contributed by atoms with Crippen molar-refractivity contribution >= 4 is 131 Å².